The summed E-state index contributed by atoms with van der Waals surface area (Å²) in [5, 5.41) is 2.68. The molecular formula is C21H20. The number of hydrogen-bond acceptors (Lipinski definition) is 0. The van der Waals surface area contributed by atoms with Crippen LogP contribution in [0.2, 0.25) is 0 Å². The maximum Gasteiger partial charge on any atom is -0.0151 e. The molecule has 0 N–H and O–H groups in total. The number of benzene rings is 3. The summed E-state index contributed by atoms with van der Waals surface area (Å²) in [7, 11) is 0. The minimum Gasteiger partial charge on any atom is -0.0985 e. The SMILES string of the molecule is C=Cc1ccc2c(CCCc3ccccc3)cccc2c1. The molecule has 0 radical (unpaired) electrons. The van der Waals surface area contributed by atoms with Gasteiger partial charge in [0.25, 0.3) is 0 Å². The van der Waals surface area contributed by atoms with E-state index in [0.717, 1.165) is 12.8 Å². The summed E-state index contributed by atoms with van der Waals surface area (Å²) < 4.78 is 0. The van der Waals surface area contributed by atoms with Gasteiger partial charge in [0.2, 0.25) is 0 Å². The Morgan fingerprint density at radius 3 is 2.48 bits per heavy atom. The molecule has 0 heteroatoms. The smallest absolute Gasteiger partial charge is 0.0151 e. The van der Waals surface area contributed by atoms with E-state index in [4.69, 9.17) is 0 Å². The predicted molar refractivity (Wildman–Crippen MR) is 92.5 cm³/mol. The van der Waals surface area contributed by atoms with Gasteiger partial charge in [0.05, 0.1) is 0 Å². The van der Waals surface area contributed by atoms with Gasteiger partial charge in [0, 0.05) is 0 Å². The second kappa shape index (κ2) is 6.41. The molecule has 0 aliphatic carbocycles. The first kappa shape index (κ1) is 13.6. The molecule has 0 saturated carbocycles. The van der Waals surface area contributed by atoms with Gasteiger partial charge >= 0.3 is 0 Å². The molecule has 0 fully saturated rings. The van der Waals surface area contributed by atoms with E-state index in [-0.39, 0.29) is 0 Å². The van der Waals surface area contributed by atoms with Crippen molar-refractivity contribution in [2.45, 2.75) is 19.3 Å². The van der Waals surface area contributed by atoms with Gasteiger partial charge in [-0.1, -0.05) is 73.3 Å². The van der Waals surface area contributed by atoms with Crippen LogP contribution in [0.5, 0.6) is 0 Å². The van der Waals surface area contributed by atoms with E-state index in [1.807, 2.05) is 6.08 Å². The highest BCUT2D eigenvalue weighted by molar-refractivity contribution is 5.87. The van der Waals surface area contributed by atoms with Crippen molar-refractivity contribution in [3.05, 3.63) is 90.0 Å². The highest BCUT2D eigenvalue weighted by atomic mass is 14.1. The fraction of sp³-hybridized carbons (Fsp3) is 0.143. The number of aryl methyl sites for hydroxylation is 2. The largest absolute Gasteiger partial charge is 0.0985 e. The van der Waals surface area contributed by atoms with Crippen molar-refractivity contribution in [3.8, 4) is 0 Å². The van der Waals surface area contributed by atoms with Crippen molar-refractivity contribution in [2.24, 2.45) is 0 Å². The quantitative estimate of drug-likeness (QED) is 0.562. The summed E-state index contributed by atoms with van der Waals surface area (Å²) in [6.07, 6.45) is 5.36. The van der Waals surface area contributed by atoms with Crippen molar-refractivity contribution < 1.29 is 0 Å². The Kier molecular flexibility index (Phi) is 4.16. The van der Waals surface area contributed by atoms with Crippen LogP contribution in [0, 0.1) is 0 Å². The zero-order chi connectivity index (χ0) is 14.5. The van der Waals surface area contributed by atoms with Crippen molar-refractivity contribution in [2.75, 3.05) is 0 Å². The normalized spacial score (nSPS) is 10.7. The van der Waals surface area contributed by atoms with Gasteiger partial charge in [0.1, 0.15) is 0 Å². The Balaban J connectivity index is 1.76. The van der Waals surface area contributed by atoms with Crippen LogP contribution in [-0.2, 0) is 12.8 Å². The standard InChI is InChI=1S/C21H20/c1-2-17-14-15-21-19(12-7-13-20(21)16-17)11-6-10-18-8-4-3-5-9-18/h2-5,7-9,12-16H,1,6,10-11H2. The van der Waals surface area contributed by atoms with Crippen LogP contribution >= 0.6 is 0 Å². The molecule has 104 valence electrons. The van der Waals surface area contributed by atoms with E-state index < -0.39 is 0 Å². The Bertz CT molecular complexity index is 738. The van der Waals surface area contributed by atoms with Crippen molar-refractivity contribution in [1.82, 2.24) is 0 Å². The summed E-state index contributed by atoms with van der Waals surface area (Å²) in [6.45, 7) is 3.84. The second-order valence-electron chi connectivity index (χ2n) is 5.44. The molecule has 3 aromatic rings. The minimum atomic E-state index is 1.12. The minimum absolute atomic E-state index is 1.12. The third kappa shape index (κ3) is 3.22. The molecule has 0 aliphatic rings. The lowest BCUT2D eigenvalue weighted by Crippen LogP contribution is -1.91. The van der Waals surface area contributed by atoms with Crippen LogP contribution in [0.15, 0.2) is 73.3 Å². The fourth-order valence-electron chi connectivity index (χ4n) is 2.84. The summed E-state index contributed by atoms with van der Waals surface area (Å²) in [6, 6.07) is 23.9. The van der Waals surface area contributed by atoms with E-state index in [9.17, 15) is 0 Å². The van der Waals surface area contributed by atoms with Crippen LogP contribution in [0.4, 0.5) is 0 Å². The number of fused-ring (bicyclic) bond motifs is 1. The van der Waals surface area contributed by atoms with E-state index in [1.54, 1.807) is 0 Å². The van der Waals surface area contributed by atoms with Crippen LogP contribution in [0.3, 0.4) is 0 Å². The summed E-state index contributed by atoms with van der Waals surface area (Å²) in [4.78, 5) is 0. The van der Waals surface area contributed by atoms with Gasteiger partial charge in [-0.15, -0.1) is 0 Å². The molecule has 0 unspecified atom stereocenters. The summed E-state index contributed by atoms with van der Waals surface area (Å²) in [5.74, 6) is 0. The second-order valence-corrected chi connectivity index (χ2v) is 5.44. The zero-order valence-corrected chi connectivity index (χ0v) is 12.3. The third-order valence-corrected chi connectivity index (χ3v) is 3.98. The lowest BCUT2D eigenvalue weighted by molar-refractivity contribution is 0.825. The van der Waals surface area contributed by atoms with Crippen LogP contribution in [0.25, 0.3) is 16.8 Å². The van der Waals surface area contributed by atoms with E-state index in [0.29, 0.717) is 0 Å². The maximum atomic E-state index is 3.84. The zero-order valence-electron chi connectivity index (χ0n) is 12.3. The first-order valence-electron chi connectivity index (χ1n) is 7.55. The average molecular weight is 272 g/mol. The molecule has 0 bridgehead atoms. The predicted octanol–water partition coefficient (Wildman–Crippen LogP) is 5.66. The maximum absolute atomic E-state index is 3.84. The van der Waals surface area contributed by atoms with Gasteiger partial charge in [-0.25, -0.2) is 0 Å². The molecule has 0 spiro atoms. The molecule has 0 nitrogen and oxygen atoms in total. The number of hydrogen-bond donors (Lipinski definition) is 0. The molecule has 3 rings (SSSR count). The topological polar surface area (TPSA) is 0 Å². The Labute approximate surface area is 126 Å². The fourth-order valence-corrected chi connectivity index (χ4v) is 2.84. The van der Waals surface area contributed by atoms with Gasteiger partial charge in [-0.3, -0.25) is 0 Å². The highest BCUT2D eigenvalue weighted by Crippen LogP contribution is 2.22. The Morgan fingerprint density at radius 2 is 1.67 bits per heavy atom. The van der Waals surface area contributed by atoms with Gasteiger partial charge in [-0.05, 0) is 52.8 Å². The van der Waals surface area contributed by atoms with Crippen molar-refractivity contribution in [3.63, 3.8) is 0 Å². The molecule has 0 atom stereocenters. The Morgan fingerprint density at radius 1 is 0.810 bits per heavy atom. The van der Waals surface area contributed by atoms with Crippen molar-refractivity contribution in [1.29, 1.82) is 0 Å². The van der Waals surface area contributed by atoms with E-state index in [1.165, 1.54) is 33.9 Å². The lowest BCUT2D eigenvalue weighted by atomic mass is 9.97. The van der Waals surface area contributed by atoms with Gasteiger partial charge in [-0.2, -0.15) is 0 Å². The highest BCUT2D eigenvalue weighted by Gasteiger charge is 2.02. The molecule has 0 aromatic heterocycles. The van der Waals surface area contributed by atoms with Crippen LogP contribution in [-0.4, -0.2) is 0 Å². The molecule has 0 aliphatic heterocycles. The number of rotatable bonds is 5. The lowest BCUT2D eigenvalue weighted by Gasteiger charge is -2.08. The molecule has 3 aromatic carbocycles. The van der Waals surface area contributed by atoms with E-state index >= 15 is 0 Å². The molecular weight excluding hydrogens is 252 g/mol. The monoisotopic (exact) mass is 272 g/mol. The first-order chi connectivity index (χ1) is 10.4. The van der Waals surface area contributed by atoms with Gasteiger partial charge in [0.15, 0.2) is 0 Å². The molecule has 0 heterocycles. The Hall–Kier alpha value is -2.34. The first-order valence-corrected chi connectivity index (χ1v) is 7.55. The molecule has 0 amide bonds. The van der Waals surface area contributed by atoms with Crippen LogP contribution in [0.1, 0.15) is 23.1 Å². The average Bonchev–Trinajstić information content (AvgIpc) is 2.55. The van der Waals surface area contributed by atoms with Crippen molar-refractivity contribution >= 4 is 16.8 Å². The third-order valence-electron chi connectivity index (χ3n) is 3.98. The summed E-state index contributed by atoms with van der Waals surface area (Å²) in [5.41, 5.74) is 4.05. The van der Waals surface area contributed by atoms with E-state index in [2.05, 4.69) is 73.3 Å². The molecule has 0 saturated heterocycles. The molecule has 21 heavy (non-hydrogen) atoms. The summed E-state index contributed by atoms with van der Waals surface area (Å²) >= 11 is 0. The van der Waals surface area contributed by atoms with Crippen LogP contribution < -0.4 is 0 Å². The van der Waals surface area contributed by atoms with Gasteiger partial charge < -0.3 is 0 Å².